The summed E-state index contributed by atoms with van der Waals surface area (Å²) >= 11 is 0. The fourth-order valence-corrected chi connectivity index (χ4v) is 1.75. The Morgan fingerprint density at radius 2 is 2.28 bits per heavy atom. The van der Waals surface area contributed by atoms with Crippen LogP contribution in [-0.4, -0.2) is 32.6 Å². The van der Waals surface area contributed by atoms with Crippen LogP contribution in [0.2, 0.25) is 0 Å². The lowest BCUT2D eigenvalue weighted by Gasteiger charge is -2.08. The van der Waals surface area contributed by atoms with Crippen molar-refractivity contribution in [2.24, 2.45) is 0 Å². The van der Waals surface area contributed by atoms with Gasteiger partial charge in [-0.05, 0) is 18.5 Å². The summed E-state index contributed by atoms with van der Waals surface area (Å²) in [5.74, 6) is 0.411. The molecule has 18 heavy (non-hydrogen) atoms. The number of nitrogens with one attached hydrogen (secondary N) is 1. The maximum Gasteiger partial charge on any atom is 0.165 e. The lowest BCUT2D eigenvalue weighted by atomic mass is 10.3. The van der Waals surface area contributed by atoms with Crippen molar-refractivity contribution in [3.05, 3.63) is 24.8 Å². The van der Waals surface area contributed by atoms with E-state index in [0.717, 1.165) is 30.7 Å². The highest BCUT2D eigenvalue weighted by Gasteiger charge is 2.08. The summed E-state index contributed by atoms with van der Waals surface area (Å²) < 4.78 is 1.93. The maximum atomic E-state index is 5.74. The number of rotatable bonds is 6. The highest BCUT2D eigenvalue weighted by molar-refractivity contribution is 5.81. The standard InChI is InChI=1S/C12H18N6/c1-3-4-14-5-9(2)6-18-8-17-10-11(13)15-7-16-12(10)18/h7-8,14H,2-6H2,1H3,(H2,13,15,16). The zero-order valence-electron chi connectivity index (χ0n) is 10.6. The number of nitrogens with two attached hydrogens (primary N) is 1. The molecule has 3 N–H and O–H groups in total. The van der Waals surface area contributed by atoms with Gasteiger partial charge in [-0.2, -0.15) is 0 Å². The fraction of sp³-hybridized carbons (Fsp3) is 0.417. The van der Waals surface area contributed by atoms with Crippen LogP contribution in [0.1, 0.15) is 13.3 Å². The van der Waals surface area contributed by atoms with Crippen molar-refractivity contribution in [1.29, 1.82) is 0 Å². The first kappa shape index (κ1) is 12.5. The Morgan fingerprint density at radius 1 is 1.44 bits per heavy atom. The summed E-state index contributed by atoms with van der Waals surface area (Å²) in [6.07, 6.45) is 4.29. The molecular formula is C12H18N6. The zero-order valence-corrected chi connectivity index (χ0v) is 10.6. The van der Waals surface area contributed by atoms with Crippen LogP contribution in [0.25, 0.3) is 11.2 Å². The Kier molecular flexibility index (Phi) is 3.88. The number of fused-ring (bicyclic) bond motifs is 1. The predicted octanol–water partition coefficient (Wildman–Crippen LogP) is 0.964. The molecule has 0 saturated carbocycles. The van der Waals surface area contributed by atoms with E-state index < -0.39 is 0 Å². The summed E-state index contributed by atoms with van der Waals surface area (Å²) in [5, 5.41) is 3.32. The van der Waals surface area contributed by atoms with Gasteiger partial charge in [0.25, 0.3) is 0 Å². The Morgan fingerprint density at radius 3 is 3.06 bits per heavy atom. The number of nitrogens with zero attached hydrogens (tertiary/aromatic N) is 4. The minimum atomic E-state index is 0.411. The van der Waals surface area contributed by atoms with Crippen LogP contribution in [-0.2, 0) is 6.54 Å². The average molecular weight is 246 g/mol. The zero-order chi connectivity index (χ0) is 13.0. The first-order chi connectivity index (χ1) is 8.72. The van der Waals surface area contributed by atoms with E-state index in [1.54, 1.807) is 6.33 Å². The quantitative estimate of drug-likeness (QED) is 0.586. The van der Waals surface area contributed by atoms with Crippen LogP contribution >= 0.6 is 0 Å². The Hall–Kier alpha value is -1.95. The molecule has 0 aromatic carbocycles. The second-order valence-electron chi connectivity index (χ2n) is 4.23. The molecule has 2 aromatic rings. The normalized spacial score (nSPS) is 10.9. The molecule has 0 atom stereocenters. The van der Waals surface area contributed by atoms with Crippen LogP contribution in [0.4, 0.5) is 5.82 Å². The first-order valence-electron chi connectivity index (χ1n) is 6.01. The Balaban J connectivity index is 2.08. The van der Waals surface area contributed by atoms with E-state index >= 15 is 0 Å². The molecule has 2 aromatic heterocycles. The molecule has 2 heterocycles. The van der Waals surface area contributed by atoms with Crippen LogP contribution in [0.5, 0.6) is 0 Å². The topological polar surface area (TPSA) is 81.7 Å². The van der Waals surface area contributed by atoms with E-state index in [-0.39, 0.29) is 0 Å². The molecule has 0 bridgehead atoms. The largest absolute Gasteiger partial charge is 0.382 e. The monoisotopic (exact) mass is 246 g/mol. The summed E-state index contributed by atoms with van der Waals surface area (Å²) in [7, 11) is 0. The van der Waals surface area contributed by atoms with Gasteiger partial charge in [0.15, 0.2) is 11.5 Å². The van der Waals surface area contributed by atoms with E-state index in [4.69, 9.17) is 5.73 Å². The third-order valence-corrected chi connectivity index (χ3v) is 2.63. The molecular weight excluding hydrogens is 228 g/mol. The molecule has 0 amide bonds. The number of hydrogen-bond acceptors (Lipinski definition) is 5. The van der Waals surface area contributed by atoms with Gasteiger partial charge in [0.05, 0.1) is 6.33 Å². The van der Waals surface area contributed by atoms with Gasteiger partial charge in [-0.15, -0.1) is 0 Å². The van der Waals surface area contributed by atoms with Crippen LogP contribution in [0.15, 0.2) is 24.8 Å². The van der Waals surface area contributed by atoms with Gasteiger partial charge in [-0.25, -0.2) is 15.0 Å². The van der Waals surface area contributed by atoms with Gasteiger partial charge in [-0.1, -0.05) is 13.5 Å². The van der Waals surface area contributed by atoms with Gasteiger partial charge >= 0.3 is 0 Å². The van der Waals surface area contributed by atoms with Crippen LogP contribution in [0, 0.1) is 0 Å². The Bertz CT molecular complexity index is 544. The molecule has 0 fully saturated rings. The van der Waals surface area contributed by atoms with Crippen molar-refractivity contribution >= 4 is 17.0 Å². The first-order valence-corrected chi connectivity index (χ1v) is 6.01. The van der Waals surface area contributed by atoms with Crippen molar-refractivity contribution in [2.75, 3.05) is 18.8 Å². The van der Waals surface area contributed by atoms with E-state index in [9.17, 15) is 0 Å². The second-order valence-corrected chi connectivity index (χ2v) is 4.23. The van der Waals surface area contributed by atoms with Gasteiger partial charge in [0.1, 0.15) is 11.8 Å². The van der Waals surface area contributed by atoms with Crippen molar-refractivity contribution in [3.8, 4) is 0 Å². The van der Waals surface area contributed by atoms with Gasteiger partial charge < -0.3 is 15.6 Å². The minimum Gasteiger partial charge on any atom is -0.382 e. The predicted molar refractivity (Wildman–Crippen MR) is 72.0 cm³/mol. The van der Waals surface area contributed by atoms with E-state index in [0.29, 0.717) is 17.9 Å². The average Bonchev–Trinajstić information content (AvgIpc) is 2.74. The third kappa shape index (κ3) is 2.65. The lowest BCUT2D eigenvalue weighted by molar-refractivity contribution is 0.678. The molecule has 96 valence electrons. The van der Waals surface area contributed by atoms with Gasteiger partial charge in [0, 0.05) is 13.1 Å². The summed E-state index contributed by atoms with van der Waals surface area (Å²) in [5.41, 5.74) is 8.21. The molecule has 6 nitrogen and oxygen atoms in total. The number of anilines is 1. The molecule has 0 aliphatic carbocycles. The number of nitrogen functional groups attached to an aromatic ring is 1. The van der Waals surface area contributed by atoms with Crippen LogP contribution < -0.4 is 11.1 Å². The number of imidazole rings is 1. The van der Waals surface area contributed by atoms with Crippen LogP contribution in [0.3, 0.4) is 0 Å². The number of aromatic nitrogens is 4. The molecule has 0 unspecified atom stereocenters. The van der Waals surface area contributed by atoms with Gasteiger partial charge in [-0.3, -0.25) is 0 Å². The van der Waals surface area contributed by atoms with E-state index in [1.807, 2.05) is 4.57 Å². The molecule has 0 aliphatic rings. The summed E-state index contributed by atoms with van der Waals surface area (Å²) in [4.78, 5) is 12.3. The summed E-state index contributed by atoms with van der Waals surface area (Å²) in [6, 6.07) is 0. The smallest absolute Gasteiger partial charge is 0.165 e. The molecule has 2 rings (SSSR count). The highest BCUT2D eigenvalue weighted by Crippen LogP contribution is 2.14. The lowest BCUT2D eigenvalue weighted by Crippen LogP contribution is -2.19. The third-order valence-electron chi connectivity index (χ3n) is 2.63. The molecule has 0 saturated heterocycles. The maximum absolute atomic E-state index is 5.74. The number of hydrogen-bond donors (Lipinski definition) is 2. The summed E-state index contributed by atoms with van der Waals surface area (Å²) in [6.45, 7) is 8.67. The van der Waals surface area contributed by atoms with Crippen molar-refractivity contribution in [3.63, 3.8) is 0 Å². The molecule has 0 radical (unpaired) electrons. The van der Waals surface area contributed by atoms with Crippen molar-refractivity contribution in [1.82, 2.24) is 24.8 Å². The minimum absolute atomic E-state index is 0.411. The van der Waals surface area contributed by atoms with E-state index in [1.165, 1.54) is 6.33 Å². The van der Waals surface area contributed by atoms with Gasteiger partial charge in [0.2, 0.25) is 0 Å². The van der Waals surface area contributed by atoms with E-state index in [2.05, 4.69) is 33.8 Å². The van der Waals surface area contributed by atoms with Crippen molar-refractivity contribution < 1.29 is 0 Å². The molecule has 6 heteroatoms. The fourth-order valence-electron chi connectivity index (χ4n) is 1.75. The highest BCUT2D eigenvalue weighted by atomic mass is 15.1. The van der Waals surface area contributed by atoms with Crippen molar-refractivity contribution in [2.45, 2.75) is 19.9 Å². The second kappa shape index (κ2) is 5.59. The SMILES string of the molecule is C=C(CNCCC)Cn1cnc2c(N)ncnc21. The molecule has 0 spiro atoms. The Labute approximate surface area is 106 Å². The molecule has 0 aliphatic heterocycles.